The highest BCUT2D eigenvalue weighted by atomic mass is 32.2. The molecule has 0 saturated carbocycles. The maximum atomic E-state index is 11.6. The molecule has 1 atom stereocenters. The van der Waals surface area contributed by atoms with E-state index >= 15 is 0 Å². The van der Waals surface area contributed by atoms with Crippen LogP contribution in [0.15, 0.2) is 57.8 Å². The first-order chi connectivity index (χ1) is 14.8. The Balaban J connectivity index is 1.46. The van der Waals surface area contributed by atoms with Gasteiger partial charge in [-0.1, -0.05) is 24.3 Å². The highest BCUT2D eigenvalue weighted by molar-refractivity contribution is 7.90. The van der Waals surface area contributed by atoms with Crippen LogP contribution in [0.2, 0.25) is 0 Å². The molecule has 0 radical (unpaired) electrons. The molecule has 1 unspecified atom stereocenters. The predicted molar refractivity (Wildman–Crippen MR) is 121 cm³/mol. The second kappa shape index (κ2) is 8.94. The molecule has 7 heteroatoms. The Kier molecular flexibility index (Phi) is 6.27. The molecule has 1 fully saturated rings. The molecule has 0 amide bonds. The fourth-order valence-corrected chi connectivity index (χ4v) is 4.68. The van der Waals surface area contributed by atoms with Gasteiger partial charge in [0.25, 0.3) is 0 Å². The summed E-state index contributed by atoms with van der Waals surface area (Å²) in [7, 11) is -1.42. The number of hydrogen-bond acceptors (Lipinski definition) is 6. The monoisotopic (exact) mass is 440 g/mol. The Bertz CT molecular complexity index is 1140. The third-order valence-electron chi connectivity index (χ3n) is 5.85. The predicted octanol–water partition coefficient (Wildman–Crippen LogP) is 4.33. The minimum atomic E-state index is -3.19. The molecule has 0 bridgehead atoms. The van der Waals surface area contributed by atoms with Gasteiger partial charge in [0.15, 0.2) is 9.84 Å². The lowest BCUT2D eigenvalue weighted by Gasteiger charge is -2.22. The van der Waals surface area contributed by atoms with Gasteiger partial charge in [-0.05, 0) is 55.2 Å². The molecule has 3 aromatic rings. The molecule has 1 aliphatic rings. The molecule has 0 aliphatic carbocycles. The molecule has 1 aliphatic heterocycles. The number of aryl methyl sites for hydroxylation is 1. The lowest BCUT2D eigenvalue weighted by atomic mass is 10.0. The lowest BCUT2D eigenvalue weighted by molar-refractivity contribution is -0.00310. The van der Waals surface area contributed by atoms with Crippen molar-refractivity contribution < 1.29 is 17.6 Å². The number of rotatable bonds is 7. The number of likely N-dealkylation sites (tertiary alicyclic amines) is 1. The van der Waals surface area contributed by atoms with Crippen molar-refractivity contribution in [2.45, 2.75) is 37.3 Å². The van der Waals surface area contributed by atoms with Crippen molar-refractivity contribution in [3.8, 4) is 22.6 Å². The normalized spacial score (nSPS) is 17.3. The summed E-state index contributed by atoms with van der Waals surface area (Å²) in [6, 6.07) is 14.9. The van der Waals surface area contributed by atoms with Gasteiger partial charge in [0.2, 0.25) is 5.89 Å². The molecular weight excluding hydrogens is 412 g/mol. The van der Waals surface area contributed by atoms with Gasteiger partial charge in [0, 0.05) is 38.4 Å². The van der Waals surface area contributed by atoms with Crippen molar-refractivity contribution in [1.82, 2.24) is 9.88 Å². The third kappa shape index (κ3) is 4.89. The summed E-state index contributed by atoms with van der Waals surface area (Å²) in [5.74, 6) is 1.47. The summed E-state index contributed by atoms with van der Waals surface area (Å²) in [4.78, 5) is 7.41. The van der Waals surface area contributed by atoms with Crippen LogP contribution in [0.1, 0.15) is 24.3 Å². The number of hydrogen-bond donors (Lipinski definition) is 0. The van der Waals surface area contributed by atoms with E-state index in [-0.39, 0.29) is 6.23 Å². The van der Waals surface area contributed by atoms with E-state index in [0.29, 0.717) is 10.8 Å². The van der Waals surface area contributed by atoms with E-state index in [9.17, 15) is 8.42 Å². The molecule has 2 heterocycles. The van der Waals surface area contributed by atoms with Gasteiger partial charge in [0.1, 0.15) is 12.0 Å². The van der Waals surface area contributed by atoms with E-state index in [4.69, 9.17) is 14.1 Å². The Labute approximate surface area is 183 Å². The SMILES string of the molecule is COC1CCCN1CCc1nc(-c2ccc(-c3ccc(S(C)(=O)=O)cc3)cc2)oc1C. The zero-order chi connectivity index (χ0) is 22.0. The van der Waals surface area contributed by atoms with Crippen molar-refractivity contribution in [1.29, 1.82) is 0 Å². The van der Waals surface area contributed by atoms with E-state index < -0.39 is 9.84 Å². The highest BCUT2D eigenvalue weighted by Gasteiger charge is 2.24. The Hall–Kier alpha value is -2.48. The van der Waals surface area contributed by atoms with Crippen LogP contribution in [0.3, 0.4) is 0 Å². The van der Waals surface area contributed by atoms with E-state index in [1.807, 2.05) is 43.3 Å². The van der Waals surface area contributed by atoms with Crippen molar-refractivity contribution in [3.63, 3.8) is 0 Å². The molecule has 2 aromatic carbocycles. The average molecular weight is 441 g/mol. The van der Waals surface area contributed by atoms with E-state index in [1.165, 1.54) is 12.7 Å². The molecule has 6 nitrogen and oxygen atoms in total. The molecule has 0 N–H and O–H groups in total. The number of aromatic nitrogens is 1. The summed E-state index contributed by atoms with van der Waals surface area (Å²) in [6.45, 7) is 3.93. The van der Waals surface area contributed by atoms with Gasteiger partial charge < -0.3 is 9.15 Å². The summed E-state index contributed by atoms with van der Waals surface area (Å²) < 4.78 is 34.8. The second-order valence-corrected chi connectivity index (χ2v) is 10.0. The van der Waals surface area contributed by atoms with Crippen molar-refractivity contribution in [2.24, 2.45) is 0 Å². The maximum absolute atomic E-state index is 11.6. The van der Waals surface area contributed by atoms with Crippen LogP contribution in [-0.4, -0.2) is 51.0 Å². The second-order valence-electron chi connectivity index (χ2n) is 8.01. The van der Waals surface area contributed by atoms with Gasteiger partial charge in [-0.3, -0.25) is 4.90 Å². The van der Waals surface area contributed by atoms with Crippen LogP contribution < -0.4 is 0 Å². The average Bonchev–Trinajstić information content (AvgIpc) is 3.37. The highest BCUT2D eigenvalue weighted by Crippen LogP contribution is 2.27. The van der Waals surface area contributed by atoms with Gasteiger partial charge in [0.05, 0.1) is 10.6 Å². The van der Waals surface area contributed by atoms with Crippen molar-refractivity contribution >= 4 is 9.84 Å². The zero-order valence-corrected chi connectivity index (χ0v) is 19.0. The van der Waals surface area contributed by atoms with Crippen LogP contribution in [0.4, 0.5) is 0 Å². The van der Waals surface area contributed by atoms with Gasteiger partial charge in [-0.15, -0.1) is 0 Å². The summed E-state index contributed by atoms with van der Waals surface area (Å²) in [6.07, 6.45) is 4.52. The first-order valence-corrected chi connectivity index (χ1v) is 12.4. The minimum Gasteiger partial charge on any atom is -0.441 e. The number of methoxy groups -OCH3 is 1. The van der Waals surface area contributed by atoms with Crippen LogP contribution in [-0.2, 0) is 21.0 Å². The van der Waals surface area contributed by atoms with Crippen molar-refractivity contribution in [2.75, 3.05) is 26.5 Å². The summed E-state index contributed by atoms with van der Waals surface area (Å²) in [5, 5.41) is 0. The number of sulfone groups is 1. The molecule has 4 rings (SSSR count). The van der Waals surface area contributed by atoms with Gasteiger partial charge in [-0.2, -0.15) is 0 Å². The van der Waals surface area contributed by atoms with Crippen LogP contribution >= 0.6 is 0 Å². The molecule has 164 valence electrons. The minimum absolute atomic E-state index is 0.214. The lowest BCUT2D eigenvalue weighted by Crippen LogP contribution is -2.32. The maximum Gasteiger partial charge on any atom is 0.226 e. The molecule has 31 heavy (non-hydrogen) atoms. The number of nitrogens with zero attached hydrogens (tertiary/aromatic N) is 2. The Morgan fingerprint density at radius 3 is 2.29 bits per heavy atom. The largest absolute Gasteiger partial charge is 0.441 e. The molecule has 1 saturated heterocycles. The Morgan fingerprint density at radius 1 is 1.06 bits per heavy atom. The number of oxazole rings is 1. The molecule has 0 spiro atoms. The van der Waals surface area contributed by atoms with Crippen LogP contribution in [0.5, 0.6) is 0 Å². The standard InChI is InChI=1S/C24H28N2O4S/c1-17-22(14-16-26-15-4-5-23(26)29-2)25-24(30-17)20-8-6-18(7-9-20)19-10-12-21(13-11-19)31(3,27)28/h6-13,23H,4-5,14-16H2,1-3H3. The van der Waals surface area contributed by atoms with Crippen molar-refractivity contribution in [3.05, 3.63) is 60.0 Å². The van der Waals surface area contributed by atoms with Gasteiger partial charge in [-0.25, -0.2) is 13.4 Å². The smallest absolute Gasteiger partial charge is 0.226 e. The number of benzene rings is 2. The quantitative estimate of drug-likeness (QED) is 0.544. The zero-order valence-electron chi connectivity index (χ0n) is 18.2. The third-order valence-corrected chi connectivity index (χ3v) is 6.98. The Morgan fingerprint density at radius 2 is 1.68 bits per heavy atom. The molecule has 1 aromatic heterocycles. The van der Waals surface area contributed by atoms with Crippen LogP contribution in [0.25, 0.3) is 22.6 Å². The summed E-state index contributed by atoms with van der Waals surface area (Å²) >= 11 is 0. The van der Waals surface area contributed by atoms with Crippen LogP contribution in [0, 0.1) is 6.92 Å². The van der Waals surface area contributed by atoms with E-state index in [1.54, 1.807) is 19.2 Å². The van der Waals surface area contributed by atoms with E-state index in [2.05, 4.69) is 4.90 Å². The summed E-state index contributed by atoms with van der Waals surface area (Å²) in [5.41, 5.74) is 3.87. The fourth-order valence-electron chi connectivity index (χ4n) is 4.05. The topological polar surface area (TPSA) is 72.6 Å². The van der Waals surface area contributed by atoms with E-state index in [0.717, 1.165) is 54.1 Å². The molecular formula is C24H28N2O4S. The van der Waals surface area contributed by atoms with Gasteiger partial charge >= 0.3 is 0 Å². The number of ether oxygens (including phenoxy) is 1. The fraction of sp³-hybridized carbons (Fsp3) is 0.375. The first kappa shape index (κ1) is 21.7. The first-order valence-electron chi connectivity index (χ1n) is 10.5.